The van der Waals surface area contributed by atoms with Gasteiger partial charge in [0.25, 0.3) is 5.91 Å². The molecule has 2 unspecified atom stereocenters. The van der Waals surface area contributed by atoms with Crippen LogP contribution in [0.2, 0.25) is 0 Å². The van der Waals surface area contributed by atoms with Crippen LogP contribution in [0.15, 0.2) is 65.1 Å². The number of methoxy groups -OCH3 is 2. The van der Waals surface area contributed by atoms with E-state index in [0.29, 0.717) is 24.9 Å². The lowest BCUT2D eigenvalue weighted by Gasteiger charge is -2.39. The summed E-state index contributed by atoms with van der Waals surface area (Å²) in [5.41, 5.74) is 2.70. The molecule has 1 aromatic heterocycles. The van der Waals surface area contributed by atoms with Gasteiger partial charge in [0.2, 0.25) is 0 Å². The first-order valence-electron chi connectivity index (χ1n) is 13.5. The molecule has 3 aromatic rings. The molecule has 0 spiro atoms. The highest BCUT2D eigenvalue weighted by Gasteiger charge is 2.51. The Labute approximate surface area is 226 Å². The Morgan fingerprint density at radius 2 is 1.76 bits per heavy atom. The molecule has 6 heteroatoms. The molecular weight excluding hydrogens is 476 g/mol. The summed E-state index contributed by atoms with van der Waals surface area (Å²) in [6, 6.07) is 20.3. The summed E-state index contributed by atoms with van der Waals surface area (Å²) in [7, 11) is 3.36. The molecule has 0 radical (unpaired) electrons. The molecule has 2 heterocycles. The van der Waals surface area contributed by atoms with Crippen molar-refractivity contribution in [1.82, 2.24) is 9.80 Å². The second-order valence-corrected chi connectivity index (χ2v) is 12.2. The minimum absolute atomic E-state index is 0.0201. The predicted octanol–water partition coefficient (Wildman–Crippen LogP) is 6.54. The summed E-state index contributed by atoms with van der Waals surface area (Å²) < 4.78 is 17.3. The Bertz CT molecular complexity index is 1270. The summed E-state index contributed by atoms with van der Waals surface area (Å²) in [6.07, 6.45) is 3.30. The lowest BCUT2D eigenvalue weighted by molar-refractivity contribution is 0.0672. The second-order valence-electron chi connectivity index (χ2n) is 12.2. The second kappa shape index (κ2) is 10.5. The topological polar surface area (TPSA) is 55.2 Å². The third kappa shape index (κ3) is 5.75. The van der Waals surface area contributed by atoms with E-state index in [2.05, 4.69) is 54.8 Å². The molecular formula is C32H40N2O4. The van der Waals surface area contributed by atoms with Crippen molar-refractivity contribution in [3.63, 3.8) is 0 Å². The van der Waals surface area contributed by atoms with Crippen LogP contribution < -0.4 is 9.47 Å². The number of carbonyl (C=O) groups excluding carboxylic acids is 1. The van der Waals surface area contributed by atoms with Crippen molar-refractivity contribution in [1.29, 1.82) is 0 Å². The summed E-state index contributed by atoms with van der Waals surface area (Å²) in [4.78, 5) is 17.9. The van der Waals surface area contributed by atoms with Crippen molar-refractivity contribution < 1.29 is 18.7 Å². The molecule has 1 aliphatic heterocycles. The molecule has 202 valence electrons. The lowest BCUT2D eigenvalue weighted by atomic mass is 9.65. The Balaban J connectivity index is 1.35. The number of amides is 1. The molecule has 38 heavy (non-hydrogen) atoms. The molecule has 1 amide bonds. The Morgan fingerprint density at radius 3 is 2.50 bits per heavy atom. The van der Waals surface area contributed by atoms with E-state index in [9.17, 15) is 4.79 Å². The normalized spacial score (nSPS) is 22.1. The summed E-state index contributed by atoms with van der Waals surface area (Å²) >= 11 is 0. The zero-order valence-electron chi connectivity index (χ0n) is 23.3. The van der Waals surface area contributed by atoms with Crippen molar-refractivity contribution >= 4 is 5.91 Å². The largest absolute Gasteiger partial charge is 0.497 e. The van der Waals surface area contributed by atoms with Gasteiger partial charge in [-0.25, -0.2) is 0 Å². The van der Waals surface area contributed by atoms with Crippen molar-refractivity contribution in [3.05, 3.63) is 83.3 Å². The first kappa shape index (κ1) is 26.4. The summed E-state index contributed by atoms with van der Waals surface area (Å²) in [6.45, 7) is 9.73. The number of fused-ring (bicyclic) bond motifs is 2. The van der Waals surface area contributed by atoms with Crippen molar-refractivity contribution in [3.8, 4) is 11.5 Å². The van der Waals surface area contributed by atoms with Crippen LogP contribution in [-0.2, 0) is 19.6 Å². The molecule has 2 aliphatic rings. The molecule has 0 N–H and O–H groups in total. The minimum Gasteiger partial charge on any atom is -0.497 e. The maximum atomic E-state index is 13.6. The number of carbonyl (C=O) groups is 1. The van der Waals surface area contributed by atoms with Gasteiger partial charge in [0.05, 0.1) is 20.8 Å². The summed E-state index contributed by atoms with van der Waals surface area (Å²) in [5, 5.41) is 0. The van der Waals surface area contributed by atoms with Gasteiger partial charge in [-0.3, -0.25) is 9.69 Å². The highest BCUT2D eigenvalue weighted by Crippen LogP contribution is 2.52. The number of benzene rings is 2. The molecule has 2 atom stereocenters. The van der Waals surface area contributed by atoms with Crippen LogP contribution >= 0.6 is 0 Å². The predicted molar refractivity (Wildman–Crippen MR) is 148 cm³/mol. The van der Waals surface area contributed by atoms with Gasteiger partial charge < -0.3 is 18.8 Å². The van der Waals surface area contributed by atoms with Crippen molar-refractivity contribution in [2.75, 3.05) is 20.8 Å². The number of ether oxygens (including phenoxy) is 2. The molecule has 5 rings (SSSR count). The van der Waals surface area contributed by atoms with Crippen LogP contribution in [0.3, 0.4) is 0 Å². The number of rotatable bonds is 9. The zero-order valence-corrected chi connectivity index (χ0v) is 23.3. The van der Waals surface area contributed by atoms with Gasteiger partial charge in [-0.05, 0) is 66.0 Å². The van der Waals surface area contributed by atoms with Gasteiger partial charge in [0.15, 0.2) is 5.76 Å². The number of hydrogen-bond donors (Lipinski definition) is 0. The molecule has 1 saturated carbocycles. The summed E-state index contributed by atoms with van der Waals surface area (Å²) in [5.74, 6) is 2.84. The molecule has 6 nitrogen and oxygen atoms in total. The maximum absolute atomic E-state index is 13.6. The van der Waals surface area contributed by atoms with Gasteiger partial charge in [-0.2, -0.15) is 0 Å². The number of hydrogen-bond acceptors (Lipinski definition) is 5. The molecule has 2 fully saturated rings. The van der Waals surface area contributed by atoms with E-state index in [1.807, 2.05) is 36.4 Å². The van der Waals surface area contributed by atoms with Gasteiger partial charge in [0.1, 0.15) is 17.3 Å². The highest BCUT2D eigenvalue weighted by atomic mass is 16.5. The van der Waals surface area contributed by atoms with Crippen LogP contribution in [0.5, 0.6) is 11.5 Å². The van der Waals surface area contributed by atoms with E-state index in [0.717, 1.165) is 55.2 Å². The number of furan rings is 1. The fourth-order valence-corrected chi connectivity index (χ4v) is 6.89. The first-order valence-corrected chi connectivity index (χ1v) is 13.5. The van der Waals surface area contributed by atoms with E-state index in [1.54, 1.807) is 14.2 Å². The molecule has 1 saturated heterocycles. The Hall–Kier alpha value is -3.25. The Kier molecular flexibility index (Phi) is 7.28. The van der Waals surface area contributed by atoms with Crippen molar-refractivity contribution in [2.45, 2.75) is 65.7 Å². The van der Waals surface area contributed by atoms with Crippen LogP contribution in [0, 0.1) is 10.8 Å². The first-order chi connectivity index (χ1) is 18.2. The van der Waals surface area contributed by atoms with Crippen LogP contribution in [0.25, 0.3) is 0 Å². The van der Waals surface area contributed by atoms with Gasteiger partial charge in [-0.15, -0.1) is 0 Å². The fourth-order valence-electron chi connectivity index (χ4n) is 6.89. The average molecular weight is 517 g/mol. The average Bonchev–Trinajstić information content (AvgIpc) is 3.44. The van der Waals surface area contributed by atoms with Crippen molar-refractivity contribution in [2.24, 2.45) is 10.8 Å². The van der Waals surface area contributed by atoms with E-state index in [4.69, 9.17) is 13.9 Å². The number of nitrogens with zero attached hydrogens (tertiary/aromatic N) is 2. The van der Waals surface area contributed by atoms with E-state index in [1.165, 1.54) is 5.56 Å². The smallest absolute Gasteiger partial charge is 0.289 e. The quantitative estimate of drug-likeness (QED) is 0.323. The molecule has 2 aromatic carbocycles. The third-order valence-electron chi connectivity index (χ3n) is 8.06. The minimum atomic E-state index is 0.0201. The standard InChI is InChI=1S/C32H40N2O4/c1-31(2)16-25-17-32(3,21-31)22-34(25)30(35)29-14-12-27(38-29)20-33(18-23-9-7-6-8-10-23)19-24-15-26(36-4)11-13-28(24)37-5/h6-15,25H,16-22H2,1-5H3. The SMILES string of the molecule is COc1ccc(OC)c(CN(Cc2ccccc2)Cc2ccc(C(=O)N3CC4(C)CC3CC(C)(C)C4)o2)c1. The molecule has 2 bridgehead atoms. The van der Waals surface area contributed by atoms with Gasteiger partial charge in [0, 0.05) is 31.2 Å². The van der Waals surface area contributed by atoms with E-state index < -0.39 is 0 Å². The van der Waals surface area contributed by atoms with Crippen LogP contribution in [0.1, 0.15) is 67.5 Å². The van der Waals surface area contributed by atoms with Crippen LogP contribution in [-0.4, -0.2) is 42.5 Å². The van der Waals surface area contributed by atoms with Gasteiger partial charge >= 0.3 is 0 Å². The van der Waals surface area contributed by atoms with E-state index >= 15 is 0 Å². The van der Waals surface area contributed by atoms with Crippen LogP contribution in [0.4, 0.5) is 0 Å². The fraction of sp³-hybridized carbons (Fsp3) is 0.469. The Morgan fingerprint density at radius 1 is 0.974 bits per heavy atom. The lowest BCUT2D eigenvalue weighted by Crippen LogP contribution is -2.37. The maximum Gasteiger partial charge on any atom is 0.289 e. The number of likely N-dealkylation sites (tertiary alicyclic amines) is 1. The molecule has 1 aliphatic carbocycles. The van der Waals surface area contributed by atoms with Gasteiger partial charge in [-0.1, -0.05) is 51.1 Å². The highest BCUT2D eigenvalue weighted by molar-refractivity contribution is 5.92. The van der Waals surface area contributed by atoms with E-state index in [-0.39, 0.29) is 16.7 Å². The zero-order chi connectivity index (χ0) is 26.9. The monoisotopic (exact) mass is 516 g/mol. The third-order valence-corrected chi connectivity index (χ3v) is 8.06.